The highest BCUT2D eigenvalue weighted by Crippen LogP contribution is 2.27. The molecule has 0 radical (unpaired) electrons. The summed E-state index contributed by atoms with van der Waals surface area (Å²) in [4.78, 5) is 37.2. The summed E-state index contributed by atoms with van der Waals surface area (Å²) in [5.41, 5.74) is 2.37. The Kier molecular flexibility index (Phi) is 5.36. The molecule has 0 bridgehead atoms. The Hall–Kier alpha value is -3.85. The molecule has 0 fully saturated rings. The fourth-order valence-electron chi connectivity index (χ4n) is 2.73. The van der Waals surface area contributed by atoms with Crippen molar-refractivity contribution in [3.8, 4) is 0 Å². The van der Waals surface area contributed by atoms with Crippen LogP contribution < -0.4 is 5.32 Å². The molecule has 0 aliphatic carbocycles. The molecular formula is C21H15N5O3S. The molecule has 0 unspecified atom stereocenters. The number of anilines is 1. The van der Waals surface area contributed by atoms with Crippen LogP contribution in [0.25, 0.3) is 11.2 Å². The fraction of sp³-hybridized carbons (Fsp3) is 0.0476. The Bertz CT molecular complexity index is 1250. The van der Waals surface area contributed by atoms with Crippen molar-refractivity contribution >= 4 is 40.2 Å². The van der Waals surface area contributed by atoms with Crippen LogP contribution in [0.2, 0.25) is 0 Å². The molecular weight excluding hydrogens is 402 g/mol. The van der Waals surface area contributed by atoms with Gasteiger partial charge in [-0.1, -0.05) is 30.0 Å². The van der Waals surface area contributed by atoms with E-state index in [1.807, 2.05) is 30.3 Å². The summed E-state index contributed by atoms with van der Waals surface area (Å²) in [6, 6.07) is 17.0. The highest BCUT2D eigenvalue weighted by molar-refractivity contribution is 7.99. The molecule has 4 rings (SSSR count). The van der Waals surface area contributed by atoms with Gasteiger partial charge in [-0.3, -0.25) is 14.9 Å². The molecule has 1 N–H and O–H groups in total. The Balaban J connectivity index is 1.56. The van der Waals surface area contributed by atoms with Gasteiger partial charge >= 0.3 is 0 Å². The molecule has 0 saturated heterocycles. The summed E-state index contributed by atoms with van der Waals surface area (Å²) in [5, 5.41) is 14.3. The van der Waals surface area contributed by atoms with Crippen LogP contribution in [0.15, 0.2) is 76.8 Å². The number of fused-ring (bicyclic) bond motifs is 1. The van der Waals surface area contributed by atoms with Gasteiger partial charge < -0.3 is 5.32 Å². The number of nitrogens with one attached hydrogen (secondary N) is 1. The van der Waals surface area contributed by atoms with Crippen LogP contribution in [0, 0.1) is 17.0 Å². The number of aryl methyl sites for hydroxylation is 1. The lowest BCUT2D eigenvalue weighted by atomic mass is 10.2. The van der Waals surface area contributed by atoms with E-state index in [2.05, 4.69) is 20.3 Å². The Labute approximate surface area is 175 Å². The first-order valence-corrected chi connectivity index (χ1v) is 9.74. The van der Waals surface area contributed by atoms with Gasteiger partial charge in [-0.05, 0) is 37.3 Å². The van der Waals surface area contributed by atoms with Gasteiger partial charge in [0.1, 0.15) is 10.5 Å². The minimum absolute atomic E-state index is 0.0745. The predicted octanol–water partition coefficient (Wildman–Crippen LogP) is 4.64. The SMILES string of the molecule is Cc1nc2nc(Sc3ccccc3)cnc2cc1NC(=O)c1ccc([N+](=O)[O-])cc1. The predicted molar refractivity (Wildman–Crippen MR) is 114 cm³/mol. The van der Waals surface area contributed by atoms with Gasteiger partial charge in [-0.15, -0.1) is 0 Å². The van der Waals surface area contributed by atoms with Crippen LogP contribution in [0.5, 0.6) is 0 Å². The summed E-state index contributed by atoms with van der Waals surface area (Å²) in [6.45, 7) is 1.77. The van der Waals surface area contributed by atoms with Crippen LogP contribution in [0.1, 0.15) is 16.1 Å². The minimum Gasteiger partial charge on any atom is -0.320 e. The van der Waals surface area contributed by atoms with Gasteiger partial charge in [0, 0.05) is 22.6 Å². The lowest BCUT2D eigenvalue weighted by Crippen LogP contribution is -2.13. The maximum absolute atomic E-state index is 12.5. The van der Waals surface area contributed by atoms with Crippen LogP contribution in [-0.4, -0.2) is 25.8 Å². The van der Waals surface area contributed by atoms with E-state index in [9.17, 15) is 14.9 Å². The average molecular weight is 417 g/mol. The lowest BCUT2D eigenvalue weighted by Gasteiger charge is -2.09. The Morgan fingerprint density at radius 3 is 2.50 bits per heavy atom. The molecule has 8 nitrogen and oxygen atoms in total. The zero-order valence-corrected chi connectivity index (χ0v) is 16.6. The number of carbonyl (C=O) groups excluding carboxylic acids is 1. The number of carbonyl (C=O) groups is 1. The van der Waals surface area contributed by atoms with Crippen molar-refractivity contribution in [2.75, 3.05) is 5.32 Å². The fourth-order valence-corrected chi connectivity index (χ4v) is 3.50. The second-order valence-corrected chi connectivity index (χ2v) is 7.44. The number of benzene rings is 2. The summed E-state index contributed by atoms with van der Waals surface area (Å²) in [7, 11) is 0. The lowest BCUT2D eigenvalue weighted by molar-refractivity contribution is -0.384. The highest BCUT2D eigenvalue weighted by atomic mass is 32.2. The third kappa shape index (κ3) is 4.26. The third-order valence-electron chi connectivity index (χ3n) is 4.26. The zero-order chi connectivity index (χ0) is 21.1. The molecule has 0 atom stereocenters. The van der Waals surface area contributed by atoms with Crippen molar-refractivity contribution in [1.29, 1.82) is 0 Å². The first kappa shape index (κ1) is 19.5. The average Bonchev–Trinajstić information content (AvgIpc) is 2.75. The number of nitrogens with zero attached hydrogens (tertiary/aromatic N) is 4. The third-order valence-corrected chi connectivity index (χ3v) is 5.17. The van der Waals surface area contributed by atoms with E-state index in [0.717, 1.165) is 9.92 Å². The molecule has 2 heterocycles. The molecule has 2 aromatic heterocycles. The highest BCUT2D eigenvalue weighted by Gasteiger charge is 2.13. The second-order valence-electron chi connectivity index (χ2n) is 6.35. The van der Waals surface area contributed by atoms with Crippen molar-refractivity contribution in [2.24, 2.45) is 0 Å². The second kappa shape index (κ2) is 8.26. The van der Waals surface area contributed by atoms with Gasteiger partial charge in [0.05, 0.1) is 22.5 Å². The summed E-state index contributed by atoms with van der Waals surface area (Å²) < 4.78 is 0. The van der Waals surface area contributed by atoms with Crippen LogP contribution in [0.3, 0.4) is 0 Å². The first-order chi connectivity index (χ1) is 14.5. The molecule has 9 heteroatoms. The smallest absolute Gasteiger partial charge is 0.269 e. The van der Waals surface area contributed by atoms with E-state index < -0.39 is 10.8 Å². The number of hydrogen-bond donors (Lipinski definition) is 1. The van der Waals surface area contributed by atoms with E-state index in [-0.39, 0.29) is 5.69 Å². The van der Waals surface area contributed by atoms with Gasteiger partial charge in [0.25, 0.3) is 11.6 Å². The Morgan fingerprint density at radius 1 is 1.07 bits per heavy atom. The van der Waals surface area contributed by atoms with E-state index in [0.29, 0.717) is 28.1 Å². The van der Waals surface area contributed by atoms with Crippen molar-refractivity contribution in [1.82, 2.24) is 15.0 Å². The van der Waals surface area contributed by atoms with Gasteiger partial charge in [-0.25, -0.2) is 15.0 Å². The minimum atomic E-state index is -0.512. The summed E-state index contributed by atoms with van der Waals surface area (Å²) >= 11 is 1.49. The molecule has 30 heavy (non-hydrogen) atoms. The molecule has 0 spiro atoms. The van der Waals surface area contributed by atoms with Crippen molar-refractivity contribution in [3.05, 3.63) is 88.2 Å². The monoisotopic (exact) mass is 417 g/mol. The number of nitro benzene ring substituents is 1. The number of amides is 1. The quantitative estimate of drug-likeness (QED) is 0.372. The maximum Gasteiger partial charge on any atom is 0.269 e. The zero-order valence-electron chi connectivity index (χ0n) is 15.8. The molecule has 2 aromatic carbocycles. The topological polar surface area (TPSA) is 111 Å². The largest absolute Gasteiger partial charge is 0.320 e. The maximum atomic E-state index is 12.5. The molecule has 1 amide bonds. The van der Waals surface area contributed by atoms with Crippen LogP contribution >= 0.6 is 11.8 Å². The number of non-ortho nitro benzene ring substituents is 1. The number of nitro groups is 1. The number of aromatic nitrogens is 3. The Morgan fingerprint density at radius 2 is 1.80 bits per heavy atom. The van der Waals surface area contributed by atoms with E-state index in [1.165, 1.54) is 36.0 Å². The molecule has 0 aliphatic rings. The molecule has 0 aliphatic heterocycles. The van der Waals surface area contributed by atoms with Gasteiger partial charge in [0.2, 0.25) is 0 Å². The van der Waals surface area contributed by atoms with Gasteiger partial charge in [-0.2, -0.15) is 0 Å². The number of hydrogen-bond acceptors (Lipinski definition) is 7. The van der Waals surface area contributed by atoms with Crippen molar-refractivity contribution in [3.63, 3.8) is 0 Å². The summed E-state index contributed by atoms with van der Waals surface area (Å²) in [6.07, 6.45) is 1.67. The molecule has 148 valence electrons. The normalized spacial score (nSPS) is 10.7. The van der Waals surface area contributed by atoms with E-state index in [1.54, 1.807) is 19.2 Å². The van der Waals surface area contributed by atoms with Crippen LogP contribution in [0.4, 0.5) is 11.4 Å². The van der Waals surface area contributed by atoms with Crippen molar-refractivity contribution in [2.45, 2.75) is 16.8 Å². The van der Waals surface area contributed by atoms with E-state index in [4.69, 9.17) is 0 Å². The standard InChI is InChI=1S/C21H15N5O3S/c1-13-17(24-21(27)14-7-9-15(10-8-14)26(28)29)11-18-20(23-13)25-19(12-22-18)30-16-5-3-2-4-6-16/h2-12H,1H3,(H,24,27). The first-order valence-electron chi connectivity index (χ1n) is 8.93. The van der Waals surface area contributed by atoms with Gasteiger partial charge in [0.15, 0.2) is 5.65 Å². The van der Waals surface area contributed by atoms with Crippen LogP contribution in [-0.2, 0) is 0 Å². The molecule has 0 saturated carbocycles. The van der Waals surface area contributed by atoms with E-state index >= 15 is 0 Å². The summed E-state index contributed by atoms with van der Waals surface area (Å²) in [5.74, 6) is -0.390. The van der Waals surface area contributed by atoms with Crippen molar-refractivity contribution < 1.29 is 9.72 Å². The molecule has 4 aromatic rings. The number of rotatable bonds is 5. The number of pyridine rings is 1.